The van der Waals surface area contributed by atoms with E-state index in [1.165, 1.54) is 0 Å². The van der Waals surface area contributed by atoms with Gasteiger partial charge in [0.05, 0.1) is 0 Å². The molecule has 0 aliphatic rings. The first-order chi connectivity index (χ1) is 8.15. The monoisotopic (exact) mass is 227 g/mol. The van der Waals surface area contributed by atoms with E-state index in [1.807, 2.05) is 44.3 Å². The Labute approximate surface area is 98.6 Å². The summed E-state index contributed by atoms with van der Waals surface area (Å²) >= 11 is 0. The zero-order chi connectivity index (χ0) is 12.0. The first-order valence-electron chi connectivity index (χ1n) is 5.44. The van der Waals surface area contributed by atoms with Crippen LogP contribution in [0.15, 0.2) is 34.7 Å². The summed E-state index contributed by atoms with van der Waals surface area (Å²) < 4.78 is 7.59. The van der Waals surface area contributed by atoms with Crippen LogP contribution in [-0.4, -0.2) is 9.78 Å². The average Bonchev–Trinajstić information content (AvgIpc) is 2.82. The molecule has 4 heteroatoms. The van der Waals surface area contributed by atoms with Gasteiger partial charge in [0.2, 0.25) is 0 Å². The lowest BCUT2D eigenvalue weighted by Gasteiger charge is -1.95. The molecule has 0 radical (unpaired) electrons. The van der Waals surface area contributed by atoms with Crippen LogP contribution in [0, 0.1) is 6.92 Å². The van der Waals surface area contributed by atoms with Crippen molar-refractivity contribution in [1.82, 2.24) is 9.78 Å². The van der Waals surface area contributed by atoms with Gasteiger partial charge < -0.3 is 10.2 Å². The third kappa shape index (κ3) is 1.49. The van der Waals surface area contributed by atoms with Crippen LogP contribution >= 0.6 is 0 Å². The van der Waals surface area contributed by atoms with Gasteiger partial charge in [0.15, 0.2) is 5.76 Å². The van der Waals surface area contributed by atoms with E-state index in [0.29, 0.717) is 5.82 Å². The molecule has 1 aromatic carbocycles. The number of fused-ring (bicyclic) bond motifs is 1. The number of para-hydroxylation sites is 1. The van der Waals surface area contributed by atoms with Crippen LogP contribution in [0.25, 0.3) is 22.4 Å². The molecule has 0 saturated heterocycles. The summed E-state index contributed by atoms with van der Waals surface area (Å²) in [5, 5.41) is 5.21. The van der Waals surface area contributed by atoms with Crippen molar-refractivity contribution in [3.05, 3.63) is 35.9 Å². The van der Waals surface area contributed by atoms with E-state index < -0.39 is 0 Å². The third-order valence-electron chi connectivity index (χ3n) is 2.89. The normalized spacial score (nSPS) is 11.2. The topological polar surface area (TPSA) is 57.0 Å². The Bertz CT molecular complexity index is 694. The van der Waals surface area contributed by atoms with Crippen LogP contribution in [0.3, 0.4) is 0 Å². The fraction of sp³-hybridized carbons (Fsp3) is 0.154. The summed E-state index contributed by atoms with van der Waals surface area (Å²) in [6.45, 7) is 2.03. The van der Waals surface area contributed by atoms with Crippen molar-refractivity contribution >= 4 is 16.8 Å². The van der Waals surface area contributed by atoms with Crippen molar-refractivity contribution < 1.29 is 4.42 Å². The molecule has 17 heavy (non-hydrogen) atoms. The van der Waals surface area contributed by atoms with Crippen LogP contribution in [0.5, 0.6) is 0 Å². The maximum absolute atomic E-state index is 5.86. The Morgan fingerprint density at radius 1 is 1.29 bits per heavy atom. The number of anilines is 1. The predicted octanol–water partition coefficient (Wildman–Crippen LogP) is 2.72. The number of nitrogens with two attached hydrogens (primary N) is 1. The first kappa shape index (κ1) is 9.96. The molecule has 3 rings (SSSR count). The molecule has 4 nitrogen and oxygen atoms in total. The molecule has 2 N–H and O–H groups in total. The lowest BCUT2D eigenvalue weighted by atomic mass is 10.2. The minimum absolute atomic E-state index is 0.500. The van der Waals surface area contributed by atoms with Crippen LogP contribution in [0.2, 0.25) is 0 Å². The van der Waals surface area contributed by atoms with Crippen LogP contribution < -0.4 is 5.73 Å². The van der Waals surface area contributed by atoms with E-state index in [4.69, 9.17) is 10.2 Å². The second-order valence-electron chi connectivity index (χ2n) is 4.18. The van der Waals surface area contributed by atoms with Crippen molar-refractivity contribution in [2.45, 2.75) is 6.92 Å². The Balaban J connectivity index is 2.25. The van der Waals surface area contributed by atoms with Gasteiger partial charge in [-0.2, -0.15) is 5.10 Å². The summed E-state index contributed by atoms with van der Waals surface area (Å²) in [6, 6.07) is 9.92. The van der Waals surface area contributed by atoms with Gasteiger partial charge in [0.1, 0.15) is 17.1 Å². The molecule has 0 aliphatic heterocycles. The molecular formula is C13H13N3O. The minimum Gasteiger partial charge on any atom is -0.454 e. The standard InChI is InChI=1S/C13H13N3O/c1-8-4-3-5-9-6-11(17-13(8)9)10-7-12(14)15-16(10)2/h3-7H,1-2H3,(H2,14,15). The second kappa shape index (κ2) is 3.38. The number of hydrogen-bond acceptors (Lipinski definition) is 3. The fourth-order valence-corrected chi connectivity index (χ4v) is 2.06. The van der Waals surface area contributed by atoms with Crippen molar-refractivity contribution in [3.8, 4) is 11.5 Å². The van der Waals surface area contributed by atoms with Crippen molar-refractivity contribution in [3.63, 3.8) is 0 Å². The molecule has 3 aromatic rings. The van der Waals surface area contributed by atoms with Gasteiger partial charge in [0, 0.05) is 18.5 Å². The maximum atomic E-state index is 5.86. The Kier molecular flexibility index (Phi) is 1.98. The number of rotatable bonds is 1. The number of furan rings is 1. The summed E-state index contributed by atoms with van der Waals surface area (Å²) in [6.07, 6.45) is 0. The van der Waals surface area contributed by atoms with Gasteiger partial charge in [-0.25, -0.2) is 0 Å². The summed E-state index contributed by atoms with van der Waals surface area (Å²) in [5.41, 5.74) is 8.60. The number of benzene rings is 1. The number of nitrogens with zero attached hydrogens (tertiary/aromatic N) is 2. The lowest BCUT2D eigenvalue weighted by molar-refractivity contribution is 0.616. The highest BCUT2D eigenvalue weighted by molar-refractivity contribution is 5.84. The molecule has 0 aliphatic carbocycles. The number of aromatic nitrogens is 2. The van der Waals surface area contributed by atoms with Crippen LogP contribution in [0.1, 0.15) is 5.56 Å². The molecule has 0 amide bonds. The van der Waals surface area contributed by atoms with Crippen molar-refractivity contribution in [2.75, 3.05) is 5.73 Å². The average molecular weight is 227 g/mol. The molecular weight excluding hydrogens is 214 g/mol. The smallest absolute Gasteiger partial charge is 0.153 e. The van der Waals surface area contributed by atoms with Gasteiger partial charge in [-0.15, -0.1) is 0 Å². The third-order valence-corrected chi connectivity index (χ3v) is 2.89. The van der Waals surface area contributed by atoms with Crippen LogP contribution in [-0.2, 0) is 7.05 Å². The van der Waals surface area contributed by atoms with Gasteiger partial charge >= 0.3 is 0 Å². The molecule has 0 spiro atoms. The molecule has 0 saturated carbocycles. The zero-order valence-electron chi connectivity index (χ0n) is 9.77. The fourth-order valence-electron chi connectivity index (χ4n) is 2.06. The highest BCUT2D eigenvalue weighted by atomic mass is 16.3. The maximum Gasteiger partial charge on any atom is 0.153 e. The quantitative estimate of drug-likeness (QED) is 0.695. The van der Waals surface area contributed by atoms with E-state index in [0.717, 1.165) is 28.0 Å². The summed E-state index contributed by atoms with van der Waals surface area (Å²) in [4.78, 5) is 0. The Morgan fingerprint density at radius 3 is 2.76 bits per heavy atom. The predicted molar refractivity (Wildman–Crippen MR) is 67.6 cm³/mol. The largest absolute Gasteiger partial charge is 0.454 e. The van der Waals surface area contributed by atoms with E-state index in [9.17, 15) is 0 Å². The van der Waals surface area contributed by atoms with E-state index in [2.05, 4.69) is 5.10 Å². The van der Waals surface area contributed by atoms with Crippen molar-refractivity contribution in [1.29, 1.82) is 0 Å². The Hall–Kier alpha value is -2.23. The SMILES string of the molecule is Cc1cccc2cc(-c3cc(N)nn3C)oc12. The van der Waals surface area contributed by atoms with Gasteiger partial charge in [-0.05, 0) is 18.6 Å². The molecule has 0 unspecified atom stereocenters. The van der Waals surface area contributed by atoms with Crippen molar-refractivity contribution in [2.24, 2.45) is 7.05 Å². The molecule has 2 heterocycles. The highest BCUT2D eigenvalue weighted by Crippen LogP contribution is 2.29. The molecule has 0 atom stereocenters. The van der Waals surface area contributed by atoms with E-state index >= 15 is 0 Å². The van der Waals surface area contributed by atoms with Crippen LogP contribution in [0.4, 0.5) is 5.82 Å². The lowest BCUT2D eigenvalue weighted by Crippen LogP contribution is -1.93. The summed E-state index contributed by atoms with van der Waals surface area (Å²) in [7, 11) is 1.85. The van der Waals surface area contributed by atoms with E-state index in [-0.39, 0.29) is 0 Å². The number of aryl methyl sites for hydroxylation is 2. The first-order valence-corrected chi connectivity index (χ1v) is 5.44. The number of hydrogen-bond donors (Lipinski definition) is 1. The summed E-state index contributed by atoms with van der Waals surface area (Å²) in [5.74, 6) is 1.29. The molecule has 0 fully saturated rings. The number of nitrogen functional groups attached to an aromatic ring is 1. The van der Waals surface area contributed by atoms with Gasteiger partial charge in [-0.1, -0.05) is 18.2 Å². The second-order valence-corrected chi connectivity index (χ2v) is 4.18. The minimum atomic E-state index is 0.500. The van der Waals surface area contributed by atoms with E-state index in [1.54, 1.807) is 4.68 Å². The molecule has 86 valence electrons. The Morgan fingerprint density at radius 2 is 2.12 bits per heavy atom. The zero-order valence-corrected chi connectivity index (χ0v) is 9.77. The van der Waals surface area contributed by atoms with Gasteiger partial charge in [0.25, 0.3) is 0 Å². The molecule has 2 aromatic heterocycles. The molecule has 0 bridgehead atoms. The highest BCUT2D eigenvalue weighted by Gasteiger charge is 2.11. The van der Waals surface area contributed by atoms with Gasteiger partial charge in [-0.3, -0.25) is 4.68 Å².